The van der Waals surface area contributed by atoms with Gasteiger partial charge in [-0.3, -0.25) is 4.79 Å². The normalized spacial score (nSPS) is 17.5. The van der Waals surface area contributed by atoms with Crippen LogP contribution >= 0.6 is 0 Å². The Labute approximate surface area is 190 Å². The summed E-state index contributed by atoms with van der Waals surface area (Å²) in [6.45, 7) is 4.67. The van der Waals surface area contributed by atoms with Gasteiger partial charge in [-0.05, 0) is 64.8 Å². The Morgan fingerprint density at radius 3 is 2.52 bits per heavy atom. The number of aliphatic hydroxyl groups is 1. The van der Waals surface area contributed by atoms with Crippen LogP contribution in [0.2, 0.25) is 0 Å². The molecular formula is C24H27F2N5O2. The standard InChI is InChI=1S/C24H27F2N5O2/c1-24(2,33)19-18(30-23(32)16-6-5-15(25)21(28-16)14-3-4-14)12-31-11-17(29-22(31)20(19)26)13-7-9-27-10-8-13/h5-6,11-14,27,33H,3-4,7-10H2,1-2H3,(H,30,32). The van der Waals surface area contributed by atoms with Crippen LogP contribution in [0.1, 0.15) is 78.8 Å². The van der Waals surface area contributed by atoms with Crippen molar-refractivity contribution in [2.45, 2.75) is 57.0 Å². The maximum absolute atomic E-state index is 15.6. The average Bonchev–Trinajstić information content (AvgIpc) is 3.52. The Kier molecular flexibility index (Phi) is 5.41. The number of hydrogen-bond donors (Lipinski definition) is 3. The van der Waals surface area contributed by atoms with E-state index in [9.17, 15) is 14.3 Å². The van der Waals surface area contributed by atoms with Crippen LogP contribution in [0, 0.1) is 11.6 Å². The molecule has 0 bridgehead atoms. The van der Waals surface area contributed by atoms with E-state index in [0.29, 0.717) is 0 Å². The number of carbonyl (C=O) groups is 1. The second kappa shape index (κ2) is 8.14. The highest BCUT2D eigenvalue weighted by Crippen LogP contribution is 2.40. The number of rotatable bonds is 5. The first-order valence-corrected chi connectivity index (χ1v) is 11.3. The van der Waals surface area contributed by atoms with Crippen LogP contribution in [0.4, 0.5) is 14.5 Å². The third-order valence-electron chi connectivity index (χ3n) is 6.39. The monoisotopic (exact) mass is 455 g/mol. The lowest BCUT2D eigenvalue weighted by atomic mass is 9.95. The highest BCUT2D eigenvalue weighted by atomic mass is 19.1. The molecule has 3 N–H and O–H groups in total. The summed E-state index contributed by atoms with van der Waals surface area (Å²) in [6, 6.07) is 2.54. The smallest absolute Gasteiger partial charge is 0.274 e. The van der Waals surface area contributed by atoms with Crippen molar-refractivity contribution in [3.63, 3.8) is 0 Å². The van der Waals surface area contributed by atoms with E-state index in [4.69, 9.17) is 0 Å². The molecule has 7 nitrogen and oxygen atoms in total. The Bertz CT molecular complexity index is 1220. The van der Waals surface area contributed by atoms with Crippen molar-refractivity contribution in [1.29, 1.82) is 0 Å². The fraction of sp³-hybridized carbons (Fsp3) is 0.458. The van der Waals surface area contributed by atoms with Gasteiger partial charge in [0.1, 0.15) is 11.5 Å². The third kappa shape index (κ3) is 4.22. The second-order valence-electron chi connectivity index (χ2n) is 9.50. The van der Waals surface area contributed by atoms with Gasteiger partial charge < -0.3 is 20.1 Å². The lowest BCUT2D eigenvalue weighted by molar-refractivity contribution is 0.0753. The number of carbonyl (C=O) groups excluding carboxylic acids is 1. The number of fused-ring (bicyclic) bond motifs is 1. The van der Waals surface area contributed by atoms with Crippen molar-refractivity contribution in [2.24, 2.45) is 0 Å². The zero-order valence-corrected chi connectivity index (χ0v) is 18.7. The van der Waals surface area contributed by atoms with Crippen LogP contribution in [-0.2, 0) is 5.60 Å². The minimum absolute atomic E-state index is 0.0397. The number of piperidine rings is 1. The SMILES string of the molecule is CC(C)(O)c1c(NC(=O)c2ccc(F)c(C3CC3)n2)cn2cc(C3CCNCC3)nc2c1F. The van der Waals surface area contributed by atoms with Gasteiger partial charge in [0.05, 0.1) is 22.7 Å². The molecule has 1 aliphatic carbocycles. The summed E-state index contributed by atoms with van der Waals surface area (Å²) in [5.41, 5.74) is -0.301. The summed E-state index contributed by atoms with van der Waals surface area (Å²) in [6.07, 6.45) is 6.85. The van der Waals surface area contributed by atoms with Gasteiger partial charge >= 0.3 is 0 Å². The Morgan fingerprint density at radius 1 is 1.12 bits per heavy atom. The van der Waals surface area contributed by atoms with Gasteiger partial charge in [0.25, 0.3) is 5.91 Å². The number of aromatic nitrogens is 3. The lowest BCUT2D eigenvalue weighted by Crippen LogP contribution is -2.26. The van der Waals surface area contributed by atoms with Crippen molar-refractivity contribution in [1.82, 2.24) is 19.7 Å². The van der Waals surface area contributed by atoms with Crippen LogP contribution < -0.4 is 10.6 Å². The van der Waals surface area contributed by atoms with Gasteiger partial charge in [0.2, 0.25) is 0 Å². The summed E-state index contributed by atoms with van der Waals surface area (Å²) in [5, 5.41) is 16.7. The van der Waals surface area contributed by atoms with Crippen molar-refractivity contribution >= 4 is 17.2 Å². The van der Waals surface area contributed by atoms with E-state index in [2.05, 4.69) is 20.6 Å². The van der Waals surface area contributed by atoms with Gasteiger partial charge in [0, 0.05) is 29.8 Å². The predicted octanol–water partition coefficient (Wildman–Crippen LogP) is 3.83. The van der Waals surface area contributed by atoms with Gasteiger partial charge in [-0.1, -0.05) is 0 Å². The van der Waals surface area contributed by atoms with Crippen LogP contribution in [0.25, 0.3) is 5.65 Å². The topological polar surface area (TPSA) is 91.5 Å². The molecule has 0 aromatic carbocycles. The molecule has 2 fully saturated rings. The van der Waals surface area contributed by atoms with Gasteiger partial charge in [-0.2, -0.15) is 0 Å². The summed E-state index contributed by atoms with van der Waals surface area (Å²) < 4.78 is 31.2. The molecule has 3 aromatic heterocycles. The average molecular weight is 456 g/mol. The molecule has 1 saturated carbocycles. The van der Waals surface area contributed by atoms with Gasteiger partial charge in [-0.25, -0.2) is 18.7 Å². The molecule has 0 unspecified atom stereocenters. The van der Waals surface area contributed by atoms with E-state index >= 15 is 4.39 Å². The molecule has 0 spiro atoms. The third-order valence-corrected chi connectivity index (χ3v) is 6.39. The van der Waals surface area contributed by atoms with Crippen LogP contribution in [0.5, 0.6) is 0 Å². The van der Waals surface area contributed by atoms with E-state index in [1.165, 1.54) is 26.0 Å². The number of halogens is 2. The van der Waals surface area contributed by atoms with Crippen LogP contribution in [0.15, 0.2) is 24.5 Å². The molecule has 5 rings (SSSR count). The van der Waals surface area contributed by atoms with E-state index in [-0.39, 0.29) is 40.1 Å². The number of imidazole rings is 1. The van der Waals surface area contributed by atoms with E-state index in [1.54, 1.807) is 16.8 Å². The zero-order chi connectivity index (χ0) is 23.3. The molecular weight excluding hydrogens is 428 g/mol. The molecule has 9 heteroatoms. The van der Waals surface area contributed by atoms with E-state index in [0.717, 1.165) is 44.5 Å². The molecule has 4 heterocycles. The first-order valence-electron chi connectivity index (χ1n) is 11.3. The van der Waals surface area contributed by atoms with Crippen molar-refractivity contribution < 1.29 is 18.7 Å². The summed E-state index contributed by atoms with van der Waals surface area (Å²) in [5.74, 6) is -1.45. The zero-order valence-electron chi connectivity index (χ0n) is 18.7. The fourth-order valence-electron chi connectivity index (χ4n) is 4.53. The van der Waals surface area contributed by atoms with Crippen molar-refractivity contribution in [3.8, 4) is 0 Å². The minimum Gasteiger partial charge on any atom is -0.386 e. The van der Waals surface area contributed by atoms with Crippen LogP contribution in [-0.4, -0.2) is 38.5 Å². The Balaban J connectivity index is 1.53. The predicted molar refractivity (Wildman–Crippen MR) is 119 cm³/mol. The Hall–Kier alpha value is -2.91. The molecule has 174 valence electrons. The van der Waals surface area contributed by atoms with Crippen molar-refractivity contribution in [3.05, 3.63) is 58.8 Å². The molecule has 1 amide bonds. The molecule has 33 heavy (non-hydrogen) atoms. The summed E-state index contributed by atoms with van der Waals surface area (Å²) in [7, 11) is 0. The number of nitrogens with zero attached hydrogens (tertiary/aromatic N) is 3. The highest BCUT2D eigenvalue weighted by molar-refractivity contribution is 6.03. The molecule has 0 radical (unpaired) electrons. The quantitative estimate of drug-likeness (QED) is 0.544. The van der Waals surface area contributed by atoms with Crippen molar-refractivity contribution in [2.75, 3.05) is 18.4 Å². The summed E-state index contributed by atoms with van der Waals surface area (Å²) >= 11 is 0. The molecule has 3 aromatic rings. The molecule has 1 saturated heterocycles. The largest absolute Gasteiger partial charge is 0.386 e. The number of hydrogen-bond acceptors (Lipinski definition) is 5. The summed E-state index contributed by atoms with van der Waals surface area (Å²) in [4.78, 5) is 21.7. The highest BCUT2D eigenvalue weighted by Gasteiger charge is 2.31. The molecule has 0 atom stereocenters. The number of anilines is 1. The number of pyridine rings is 2. The number of amides is 1. The Morgan fingerprint density at radius 2 is 1.85 bits per heavy atom. The fourth-order valence-corrected chi connectivity index (χ4v) is 4.53. The number of nitrogens with one attached hydrogen (secondary N) is 2. The van der Waals surface area contributed by atoms with Gasteiger partial charge in [-0.15, -0.1) is 0 Å². The lowest BCUT2D eigenvalue weighted by Gasteiger charge is -2.23. The van der Waals surface area contributed by atoms with E-state index < -0.39 is 23.1 Å². The first kappa shape index (κ1) is 21.9. The minimum atomic E-state index is -1.58. The second-order valence-corrected chi connectivity index (χ2v) is 9.50. The maximum atomic E-state index is 15.6. The van der Waals surface area contributed by atoms with E-state index in [1.807, 2.05) is 0 Å². The molecule has 2 aliphatic rings. The first-order chi connectivity index (χ1) is 15.7. The van der Waals surface area contributed by atoms with Crippen LogP contribution in [0.3, 0.4) is 0 Å². The molecule has 1 aliphatic heterocycles. The van der Waals surface area contributed by atoms with Gasteiger partial charge in [0.15, 0.2) is 11.5 Å². The maximum Gasteiger partial charge on any atom is 0.274 e.